The van der Waals surface area contributed by atoms with Crippen LogP contribution in [0.5, 0.6) is 0 Å². The van der Waals surface area contributed by atoms with Gasteiger partial charge < -0.3 is 0 Å². The number of hydrogen-bond acceptors (Lipinski definition) is 3. The van der Waals surface area contributed by atoms with E-state index in [2.05, 4.69) is 99.4 Å². The van der Waals surface area contributed by atoms with Gasteiger partial charge in [-0.05, 0) is 60.7 Å². The highest BCUT2D eigenvalue weighted by Crippen LogP contribution is 2.33. The molecule has 0 N–H and O–H groups in total. The van der Waals surface area contributed by atoms with Crippen LogP contribution in [0.3, 0.4) is 0 Å². The Morgan fingerprint density at radius 3 is 1.87 bits per heavy atom. The van der Waals surface area contributed by atoms with Crippen molar-refractivity contribution in [2.45, 2.75) is 0 Å². The third-order valence-electron chi connectivity index (χ3n) is 6.74. The van der Waals surface area contributed by atoms with Crippen LogP contribution < -0.4 is 0 Å². The summed E-state index contributed by atoms with van der Waals surface area (Å²) >= 11 is 3.62. The van der Waals surface area contributed by atoms with Crippen LogP contribution in [0.4, 0.5) is 0 Å². The fraction of sp³-hybridized carbons (Fsp3) is 0. The van der Waals surface area contributed by atoms with Gasteiger partial charge in [-0.15, -0.1) is 0 Å². The second-order valence-corrected chi connectivity index (χ2v) is 10.0. The summed E-state index contributed by atoms with van der Waals surface area (Å²) in [5.41, 5.74) is 7.97. The fourth-order valence-electron chi connectivity index (χ4n) is 4.93. The van der Waals surface area contributed by atoms with Gasteiger partial charge in [0.25, 0.3) is 0 Å². The number of pyridine rings is 1. The molecular formula is C33H21BrN4. The standard InChI is InChI=1S/C33H21BrN4/c34-25-15-18-31-28(20-25)27-12-7-19-35-33(27)38(31)26-16-13-24(14-17-26)32-36-29(22-8-3-1-4-9-22)21-30(37-32)23-10-5-2-6-11-23/h1-21H. The lowest BCUT2D eigenvalue weighted by Crippen LogP contribution is -1.98. The van der Waals surface area contributed by atoms with E-state index >= 15 is 0 Å². The van der Waals surface area contributed by atoms with Crippen LogP contribution in [-0.2, 0) is 0 Å². The molecular weight excluding hydrogens is 532 g/mol. The number of fused-ring (bicyclic) bond motifs is 3. The molecule has 3 aromatic heterocycles. The highest BCUT2D eigenvalue weighted by molar-refractivity contribution is 9.10. The smallest absolute Gasteiger partial charge is 0.160 e. The molecule has 0 saturated carbocycles. The van der Waals surface area contributed by atoms with Crippen LogP contribution in [0.15, 0.2) is 132 Å². The molecule has 180 valence electrons. The molecule has 0 spiro atoms. The third kappa shape index (κ3) is 3.98. The summed E-state index contributed by atoms with van der Waals surface area (Å²) in [4.78, 5) is 14.7. The average molecular weight is 553 g/mol. The van der Waals surface area contributed by atoms with Crippen molar-refractivity contribution in [1.29, 1.82) is 0 Å². The van der Waals surface area contributed by atoms with Crippen molar-refractivity contribution in [3.63, 3.8) is 0 Å². The lowest BCUT2D eigenvalue weighted by molar-refractivity contribution is 1.13. The van der Waals surface area contributed by atoms with E-state index in [1.807, 2.05) is 48.7 Å². The Balaban J connectivity index is 1.37. The zero-order chi connectivity index (χ0) is 25.5. The third-order valence-corrected chi connectivity index (χ3v) is 7.23. The number of benzene rings is 4. The van der Waals surface area contributed by atoms with Crippen molar-refractivity contribution in [1.82, 2.24) is 19.5 Å². The molecule has 0 saturated heterocycles. The molecule has 4 aromatic carbocycles. The van der Waals surface area contributed by atoms with Gasteiger partial charge in [0.2, 0.25) is 0 Å². The molecule has 7 rings (SSSR count). The molecule has 0 aliphatic carbocycles. The van der Waals surface area contributed by atoms with Gasteiger partial charge in [-0.25, -0.2) is 15.0 Å². The van der Waals surface area contributed by atoms with E-state index in [9.17, 15) is 0 Å². The van der Waals surface area contributed by atoms with Gasteiger partial charge in [0.15, 0.2) is 5.82 Å². The summed E-state index contributed by atoms with van der Waals surface area (Å²) in [5, 5.41) is 2.29. The van der Waals surface area contributed by atoms with Crippen molar-refractivity contribution in [3.05, 3.63) is 132 Å². The highest BCUT2D eigenvalue weighted by Gasteiger charge is 2.15. The highest BCUT2D eigenvalue weighted by atomic mass is 79.9. The Hall–Kier alpha value is -4.61. The fourth-order valence-corrected chi connectivity index (χ4v) is 5.29. The molecule has 5 heteroatoms. The Morgan fingerprint density at radius 1 is 0.553 bits per heavy atom. The number of nitrogens with zero attached hydrogens (tertiary/aromatic N) is 4. The molecule has 0 aliphatic heterocycles. The summed E-state index contributed by atoms with van der Waals surface area (Å²) in [7, 11) is 0. The molecule has 0 radical (unpaired) electrons. The van der Waals surface area contributed by atoms with Gasteiger partial charge in [0, 0.05) is 43.8 Å². The minimum absolute atomic E-state index is 0.695. The topological polar surface area (TPSA) is 43.6 Å². The Labute approximate surface area is 228 Å². The zero-order valence-corrected chi connectivity index (χ0v) is 21.9. The largest absolute Gasteiger partial charge is 0.294 e. The van der Waals surface area contributed by atoms with Gasteiger partial charge in [-0.3, -0.25) is 4.57 Å². The number of hydrogen-bond donors (Lipinski definition) is 0. The van der Waals surface area contributed by atoms with Crippen LogP contribution >= 0.6 is 15.9 Å². The first-order valence-corrected chi connectivity index (χ1v) is 13.2. The zero-order valence-electron chi connectivity index (χ0n) is 20.3. The Bertz CT molecular complexity index is 1850. The maximum Gasteiger partial charge on any atom is 0.160 e. The first kappa shape index (κ1) is 22.6. The molecule has 3 heterocycles. The van der Waals surface area contributed by atoms with Crippen LogP contribution in [0.2, 0.25) is 0 Å². The molecule has 0 bridgehead atoms. The van der Waals surface area contributed by atoms with E-state index in [-0.39, 0.29) is 0 Å². The Kier molecular flexibility index (Phi) is 5.56. The number of rotatable bonds is 4. The predicted octanol–water partition coefficient (Wildman–Crippen LogP) is 8.73. The van der Waals surface area contributed by atoms with Crippen LogP contribution in [0, 0.1) is 0 Å². The van der Waals surface area contributed by atoms with E-state index < -0.39 is 0 Å². The summed E-state index contributed by atoms with van der Waals surface area (Å²) in [6, 6.07) is 41.4. The average Bonchev–Trinajstić information content (AvgIpc) is 3.31. The minimum atomic E-state index is 0.695. The van der Waals surface area contributed by atoms with Gasteiger partial charge in [-0.1, -0.05) is 76.6 Å². The van der Waals surface area contributed by atoms with E-state index in [1.165, 1.54) is 0 Å². The molecule has 4 nitrogen and oxygen atoms in total. The quantitative estimate of drug-likeness (QED) is 0.219. The van der Waals surface area contributed by atoms with Crippen molar-refractivity contribution in [3.8, 4) is 39.6 Å². The molecule has 38 heavy (non-hydrogen) atoms. The second kappa shape index (κ2) is 9.36. The maximum atomic E-state index is 4.97. The lowest BCUT2D eigenvalue weighted by atomic mass is 10.1. The van der Waals surface area contributed by atoms with Crippen LogP contribution in [-0.4, -0.2) is 19.5 Å². The Morgan fingerprint density at radius 2 is 1.21 bits per heavy atom. The molecule has 7 aromatic rings. The summed E-state index contributed by atoms with van der Waals surface area (Å²) in [5.74, 6) is 0.695. The SMILES string of the molecule is Brc1ccc2c(c1)c1cccnc1n2-c1ccc(-c2nc(-c3ccccc3)cc(-c3ccccc3)n2)cc1. The predicted molar refractivity (Wildman–Crippen MR) is 158 cm³/mol. The molecule has 0 aliphatic rings. The van der Waals surface area contributed by atoms with Crippen molar-refractivity contribution in [2.24, 2.45) is 0 Å². The molecule has 0 unspecified atom stereocenters. The first-order chi connectivity index (χ1) is 18.7. The van der Waals surface area contributed by atoms with Crippen molar-refractivity contribution >= 4 is 37.9 Å². The van der Waals surface area contributed by atoms with E-state index in [4.69, 9.17) is 15.0 Å². The number of aromatic nitrogens is 4. The van der Waals surface area contributed by atoms with E-state index in [0.29, 0.717) is 5.82 Å². The van der Waals surface area contributed by atoms with Crippen LogP contribution in [0.25, 0.3) is 61.5 Å². The molecule has 0 amide bonds. The van der Waals surface area contributed by atoms with Gasteiger partial charge in [-0.2, -0.15) is 0 Å². The minimum Gasteiger partial charge on any atom is -0.294 e. The number of halogens is 1. The second-order valence-electron chi connectivity index (χ2n) is 9.11. The van der Waals surface area contributed by atoms with E-state index in [1.54, 1.807) is 0 Å². The monoisotopic (exact) mass is 552 g/mol. The summed E-state index contributed by atoms with van der Waals surface area (Å²) in [6.07, 6.45) is 1.84. The first-order valence-electron chi connectivity index (χ1n) is 12.4. The van der Waals surface area contributed by atoms with E-state index in [0.717, 1.165) is 60.2 Å². The maximum absolute atomic E-state index is 4.97. The summed E-state index contributed by atoms with van der Waals surface area (Å²) in [6.45, 7) is 0. The van der Waals surface area contributed by atoms with Gasteiger partial charge >= 0.3 is 0 Å². The normalized spacial score (nSPS) is 11.3. The summed E-state index contributed by atoms with van der Waals surface area (Å²) < 4.78 is 3.25. The lowest BCUT2D eigenvalue weighted by Gasteiger charge is -2.11. The molecule has 0 atom stereocenters. The van der Waals surface area contributed by atoms with Gasteiger partial charge in [0.05, 0.1) is 16.9 Å². The van der Waals surface area contributed by atoms with Crippen LogP contribution in [0.1, 0.15) is 0 Å². The van der Waals surface area contributed by atoms with Crippen molar-refractivity contribution < 1.29 is 0 Å². The van der Waals surface area contributed by atoms with Gasteiger partial charge in [0.1, 0.15) is 5.65 Å². The molecule has 0 fully saturated rings. The van der Waals surface area contributed by atoms with Crippen molar-refractivity contribution in [2.75, 3.05) is 0 Å².